The molecule has 0 aliphatic carbocycles. The summed E-state index contributed by atoms with van der Waals surface area (Å²) < 4.78 is 211. The van der Waals surface area contributed by atoms with E-state index < -0.39 is 63.7 Å². The molecule has 0 radical (unpaired) electrons. The van der Waals surface area contributed by atoms with Crippen molar-refractivity contribution in [3.05, 3.63) is 0 Å². The van der Waals surface area contributed by atoms with Crippen LogP contribution >= 0.6 is 0 Å². The van der Waals surface area contributed by atoms with Gasteiger partial charge in [0.15, 0.2) is 0 Å². The van der Waals surface area contributed by atoms with E-state index in [1.54, 1.807) is 0 Å². The molecule has 4 nitrogen and oxygen atoms in total. The van der Waals surface area contributed by atoms with Crippen LogP contribution in [0.3, 0.4) is 0 Å². The van der Waals surface area contributed by atoms with Crippen molar-refractivity contribution >= 4 is 10.1 Å². The van der Waals surface area contributed by atoms with E-state index >= 15 is 0 Å². The molecule has 0 saturated heterocycles. The van der Waals surface area contributed by atoms with Gasteiger partial charge >= 0.3 is 50.9 Å². The third-order valence-corrected chi connectivity index (χ3v) is 4.19. The van der Waals surface area contributed by atoms with E-state index in [0.717, 1.165) is 0 Å². The second kappa shape index (κ2) is 7.54. The molecule has 0 aromatic carbocycles. The van der Waals surface area contributed by atoms with Crippen LogP contribution in [0.25, 0.3) is 0 Å². The van der Waals surface area contributed by atoms with Gasteiger partial charge in [0.05, 0.1) is 0 Å². The molecule has 4 N–H and O–H groups in total. The van der Waals surface area contributed by atoms with Gasteiger partial charge in [-0.1, -0.05) is 13.3 Å². The molecule has 178 valence electrons. The van der Waals surface area contributed by atoms with E-state index in [2.05, 4.69) is 0 Å². The van der Waals surface area contributed by atoms with Crippen molar-refractivity contribution in [3.63, 3.8) is 0 Å². The number of rotatable bonds is 9. The number of alkyl halides is 14. The first-order valence-electron chi connectivity index (χ1n) is 6.43. The zero-order chi connectivity index (χ0) is 23.4. The summed E-state index contributed by atoms with van der Waals surface area (Å²) in [5.41, 5.74) is 0. The third-order valence-electron chi connectivity index (χ3n) is 3.29. The monoisotopic (exact) mass is 491 g/mol. The molecule has 0 rings (SSSR count). The summed E-state index contributed by atoms with van der Waals surface area (Å²) in [7, 11) is -7.70. The quantitative estimate of drug-likeness (QED) is 0.341. The maximum Gasteiger partial charge on any atom is 0.438 e. The fourth-order valence-electron chi connectivity index (χ4n) is 1.64. The molecule has 29 heavy (non-hydrogen) atoms. The largest absolute Gasteiger partial charge is 0.438 e. The van der Waals surface area contributed by atoms with Gasteiger partial charge in [-0.05, 0) is 0 Å². The van der Waals surface area contributed by atoms with E-state index in [4.69, 9.17) is 4.55 Å². The Labute approximate surface area is 152 Å². The van der Waals surface area contributed by atoms with Crippen LogP contribution in [0.1, 0.15) is 19.8 Å². The first-order chi connectivity index (χ1) is 11.8. The first-order valence-corrected chi connectivity index (χ1v) is 7.87. The standard InChI is InChI=1S/C10H8F14O3S.H3N/c1-2-3-4(11,12)5(13,14)6(15,16)7(17,18)8(19,20)9(21,22)10(23,24)28(25,26)27;/h2-3H2,1H3,(H,25,26,27);1H3. The third kappa shape index (κ3) is 3.84. The molecule has 0 aliphatic heterocycles. The van der Waals surface area contributed by atoms with Gasteiger partial charge in [0.25, 0.3) is 0 Å². The van der Waals surface area contributed by atoms with Gasteiger partial charge in [-0.25, -0.2) is 0 Å². The molecule has 0 fully saturated rings. The second-order valence-electron chi connectivity index (χ2n) is 5.32. The number of hydrogen-bond acceptors (Lipinski definition) is 3. The maximum atomic E-state index is 13.3. The van der Waals surface area contributed by atoms with E-state index in [-0.39, 0.29) is 6.15 Å². The van der Waals surface area contributed by atoms with E-state index in [9.17, 15) is 69.9 Å². The number of hydrogen-bond donors (Lipinski definition) is 2. The SMILES string of the molecule is CCCC(F)(F)C(F)(F)C(F)(F)C(F)(F)C(F)(F)C(F)(F)C(F)(F)S(=O)(=O)O.N. The summed E-state index contributed by atoms with van der Waals surface area (Å²) in [6, 6.07) is 0. The molecule has 0 aromatic rings. The zero-order valence-electron chi connectivity index (χ0n) is 13.6. The molecule has 0 saturated carbocycles. The zero-order valence-corrected chi connectivity index (χ0v) is 14.4. The maximum absolute atomic E-state index is 13.3. The van der Waals surface area contributed by atoms with Crippen molar-refractivity contribution < 1.29 is 74.4 Å². The van der Waals surface area contributed by atoms with E-state index in [1.807, 2.05) is 0 Å². The van der Waals surface area contributed by atoms with Gasteiger partial charge in [0.1, 0.15) is 0 Å². The van der Waals surface area contributed by atoms with Crippen LogP contribution in [0, 0.1) is 0 Å². The van der Waals surface area contributed by atoms with Crippen LogP contribution in [-0.4, -0.2) is 53.8 Å². The Morgan fingerprint density at radius 2 is 0.897 bits per heavy atom. The highest BCUT2D eigenvalue weighted by Gasteiger charge is 2.94. The van der Waals surface area contributed by atoms with Gasteiger partial charge < -0.3 is 6.15 Å². The molecule has 0 amide bonds. The summed E-state index contributed by atoms with van der Waals surface area (Å²) >= 11 is 0. The Kier molecular flexibility index (Phi) is 7.82. The molecular formula is C10H11F14NO3S. The summed E-state index contributed by atoms with van der Waals surface area (Å²) in [5.74, 6) is -46.7. The average Bonchev–Trinajstić information content (AvgIpc) is 2.44. The normalized spacial score (nSPS) is 15.9. The van der Waals surface area contributed by atoms with Gasteiger partial charge in [0, 0.05) is 6.42 Å². The molecular weight excluding hydrogens is 480 g/mol. The average molecular weight is 491 g/mol. The van der Waals surface area contributed by atoms with Crippen LogP contribution in [0.5, 0.6) is 0 Å². The van der Waals surface area contributed by atoms with Gasteiger partial charge in [-0.15, -0.1) is 0 Å². The lowest BCUT2D eigenvalue weighted by molar-refractivity contribution is -0.435. The minimum atomic E-state index is -8.38. The van der Waals surface area contributed by atoms with Crippen molar-refractivity contribution in [2.75, 3.05) is 0 Å². The molecule has 0 unspecified atom stereocenters. The molecule has 0 atom stereocenters. The van der Waals surface area contributed by atoms with Crippen molar-refractivity contribution in [2.45, 2.75) is 60.6 Å². The van der Waals surface area contributed by atoms with Crippen molar-refractivity contribution in [2.24, 2.45) is 0 Å². The Morgan fingerprint density at radius 3 is 1.17 bits per heavy atom. The molecule has 0 aromatic heterocycles. The Bertz CT molecular complexity index is 690. The lowest BCUT2D eigenvalue weighted by atomic mass is 9.90. The highest BCUT2D eigenvalue weighted by Crippen LogP contribution is 2.63. The van der Waals surface area contributed by atoms with E-state index in [1.165, 1.54) is 0 Å². The Morgan fingerprint density at radius 1 is 0.621 bits per heavy atom. The fourth-order valence-corrected chi connectivity index (χ4v) is 2.09. The first kappa shape index (κ1) is 30.1. The number of halogens is 14. The fraction of sp³-hybridized carbons (Fsp3) is 1.00. The second-order valence-corrected chi connectivity index (χ2v) is 6.78. The molecule has 19 heteroatoms. The summed E-state index contributed by atoms with van der Waals surface area (Å²) in [6.45, 7) is 0.621. The minimum Gasteiger partial charge on any atom is -0.344 e. The lowest BCUT2D eigenvalue weighted by Gasteiger charge is -2.42. The van der Waals surface area contributed by atoms with Crippen molar-refractivity contribution in [3.8, 4) is 0 Å². The van der Waals surface area contributed by atoms with Crippen molar-refractivity contribution in [1.82, 2.24) is 6.15 Å². The van der Waals surface area contributed by atoms with Gasteiger partial charge in [0.2, 0.25) is 0 Å². The molecule has 0 bridgehead atoms. The van der Waals surface area contributed by atoms with E-state index in [0.29, 0.717) is 6.92 Å². The molecule has 0 aliphatic rings. The van der Waals surface area contributed by atoms with Crippen LogP contribution in [0.2, 0.25) is 0 Å². The summed E-state index contributed by atoms with van der Waals surface area (Å²) in [4.78, 5) is 0. The van der Waals surface area contributed by atoms with Crippen molar-refractivity contribution in [1.29, 1.82) is 0 Å². The Balaban J connectivity index is 0. The topological polar surface area (TPSA) is 89.4 Å². The Hall–Kier alpha value is -1.11. The smallest absolute Gasteiger partial charge is 0.344 e. The summed E-state index contributed by atoms with van der Waals surface area (Å²) in [5, 5.41) is -7.61. The lowest BCUT2D eigenvalue weighted by Crippen LogP contribution is -2.73. The molecule has 0 heterocycles. The summed E-state index contributed by atoms with van der Waals surface area (Å²) in [6.07, 6.45) is -3.47. The van der Waals surface area contributed by atoms with Gasteiger partial charge in [-0.3, -0.25) is 4.55 Å². The van der Waals surface area contributed by atoms with Crippen LogP contribution < -0.4 is 6.15 Å². The predicted octanol–water partition coefficient (Wildman–Crippen LogP) is 5.24. The minimum absolute atomic E-state index is 0. The molecule has 0 spiro atoms. The van der Waals surface area contributed by atoms with Crippen LogP contribution in [0.15, 0.2) is 0 Å². The highest BCUT2D eigenvalue weighted by molar-refractivity contribution is 7.87. The highest BCUT2D eigenvalue weighted by atomic mass is 32.2. The van der Waals surface area contributed by atoms with Crippen LogP contribution in [-0.2, 0) is 10.1 Å². The van der Waals surface area contributed by atoms with Gasteiger partial charge in [-0.2, -0.15) is 69.9 Å². The predicted molar refractivity (Wildman–Crippen MR) is 66.1 cm³/mol. The van der Waals surface area contributed by atoms with Crippen LogP contribution in [0.4, 0.5) is 61.5 Å².